The van der Waals surface area contributed by atoms with Crippen molar-refractivity contribution in [1.82, 2.24) is 9.97 Å². The number of nitrogens with one attached hydrogen (secondary N) is 1. The van der Waals surface area contributed by atoms with Gasteiger partial charge in [-0.3, -0.25) is 0 Å². The molecule has 0 atom stereocenters. The summed E-state index contributed by atoms with van der Waals surface area (Å²) < 4.78 is 0.955. The molecule has 0 aromatic carbocycles. The molecule has 2 aromatic rings. The van der Waals surface area contributed by atoms with Crippen LogP contribution < -0.4 is 5.32 Å². The lowest BCUT2D eigenvalue weighted by Gasteiger charge is -2.13. The number of anilines is 1. The minimum atomic E-state index is 0.354. The van der Waals surface area contributed by atoms with Gasteiger partial charge in [0.05, 0.1) is 10.2 Å². The monoisotopic (exact) mass is 325 g/mol. The molecule has 0 amide bonds. The van der Waals surface area contributed by atoms with Crippen LogP contribution in [-0.4, -0.2) is 17.0 Å². The molecule has 96 valence electrons. The van der Waals surface area contributed by atoms with Crippen molar-refractivity contribution in [3.63, 3.8) is 0 Å². The Hall–Kier alpha value is -0.940. The van der Waals surface area contributed by atoms with Crippen molar-refractivity contribution in [3.05, 3.63) is 26.5 Å². The first-order valence-corrected chi connectivity index (χ1v) is 7.56. The Labute approximate surface area is 120 Å². The van der Waals surface area contributed by atoms with E-state index in [4.69, 9.17) is 4.98 Å². The van der Waals surface area contributed by atoms with E-state index in [1.807, 2.05) is 7.05 Å². The molecule has 0 saturated carbocycles. The summed E-state index contributed by atoms with van der Waals surface area (Å²) in [6, 6.07) is 0. The number of aryl methyl sites for hydroxylation is 1. The van der Waals surface area contributed by atoms with E-state index in [0.29, 0.717) is 5.92 Å². The van der Waals surface area contributed by atoms with E-state index in [1.165, 1.54) is 5.56 Å². The van der Waals surface area contributed by atoms with Gasteiger partial charge in [-0.15, -0.1) is 0 Å². The number of aromatic nitrogens is 2. The molecule has 2 heterocycles. The van der Waals surface area contributed by atoms with Crippen molar-refractivity contribution < 1.29 is 0 Å². The average Bonchev–Trinajstić information content (AvgIpc) is 2.75. The Morgan fingerprint density at radius 3 is 2.50 bits per heavy atom. The van der Waals surface area contributed by atoms with Crippen molar-refractivity contribution in [2.75, 3.05) is 12.4 Å². The largest absolute Gasteiger partial charge is 0.372 e. The molecule has 0 fully saturated rings. The predicted molar refractivity (Wildman–Crippen MR) is 81.4 cm³/mol. The molecule has 0 bridgehead atoms. The highest BCUT2D eigenvalue weighted by atomic mass is 79.9. The summed E-state index contributed by atoms with van der Waals surface area (Å²) in [7, 11) is 1.88. The quantitative estimate of drug-likeness (QED) is 0.906. The summed E-state index contributed by atoms with van der Waals surface area (Å²) >= 11 is 5.25. The number of nitrogens with zero attached hydrogens (tertiary/aromatic N) is 2. The highest BCUT2D eigenvalue weighted by molar-refractivity contribution is 9.10. The summed E-state index contributed by atoms with van der Waals surface area (Å²) in [6.45, 7) is 6.36. The average molecular weight is 326 g/mol. The molecule has 3 nitrogen and oxygen atoms in total. The molecule has 0 aliphatic carbocycles. The van der Waals surface area contributed by atoms with E-state index in [1.54, 1.807) is 11.3 Å². The fourth-order valence-electron chi connectivity index (χ4n) is 1.72. The molecule has 0 unspecified atom stereocenters. The lowest BCUT2D eigenvalue weighted by Crippen LogP contribution is -2.04. The third kappa shape index (κ3) is 2.42. The summed E-state index contributed by atoms with van der Waals surface area (Å²) in [4.78, 5) is 9.27. The lowest BCUT2D eigenvalue weighted by atomic mass is 10.1. The normalized spacial score (nSPS) is 11.0. The third-order valence-corrected chi connectivity index (χ3v) is 4.40. The van der Waals surface area contributed by atoms with Crippen molar-refractivity contribution in [2.45, 2.75) is 26.7 Å². The molecule has 0 saturated heterocycles. The molecule has 5 heteroatoms. The highest BCUT2D eigenvalue weighted by Crippen LogP contribution is 2.32. The molecule has 0 radical (unpaired) electrons. The number of halogens is 1. The molecule has 0 aliphatic heterocycles. The van der Waals surface area contributed by atoms with Gasteiger partial charge in [0.25, 0.3) is 0 Å². The molecule has 1 N–H and O–H groups in total. The first-order valence-electron chi connectivity index (χ1n) is 5.83. The van der Waals surface area contributed by atoms with Gasteiger partial charge in [0, 0.05) is 18.0 Å². The van der Waals surface area contributed by atoms with E-state index < -0.39 is 0 Å². The summed E-state index contributed by atoms with van der Waals surface area (Å²) in [5.74, 6) is 1.99. The predicted octanol–water partition coefficient (Wildman–Crippen LogP) is 4.44. The van der Waals surface area contributed by atoms with Crippen LogP contribution in [0.5, 0.6) is 0 Å². The SMILES string of the molecule is CNc1nc(-c2cscc2C)nc(C(C)C)c1Br. The van der Waals surface area contributed by atoms with Crippen LogP contribution in [0.3, 0.4) is 0 Å². The molecular weight excluding hydrogens is 310 g/mol. The first-order chi connectivity index (χ1) is 8.54. The van der Waals surface area contributed by atoms with Crippen LogP contribution in [0.2, 0.25) is 0 Å². The lowest BCUT2D eigenvalue weighted by molar-refractivity contribution is 0.810. The summed E-state index contributed by atoms with van der Waals surface area (Å²) in [5, 5.41) is 7.34. The van der Waals surface area contributed by atoms with Crippen LogP contribution in [0.4, 0.5) is 5.82 Å². The van der Waals surface area contributed by atoms with Crippen molar-refractivity contribution >= 4 is 33.1 Å². The van der Waals surface area contributed by atoms with Gasteiger partial charge in [-0.2, -0.15) is 11.3 Å². The minimum absolute atomic E-state index is 0.354. The van der Waals surface area contributed by atoms with Gasteiger partial charge < -0.3 is 5.32 Å². The Kier molecular flexibility index (Phi) is 4.02. The number of hydrogen-bond donors (Lipinski definition) is 1. The second kappa shape index (κ2) is 5.36. The summed E-state index contributed by atoms with van der Waals surface area (Å²) in [6.07, 6.45) is 0. The fraction of sp³-hybridized carbons (Fsp3) is 0.385. The zero-order chi connectivity index (χ0) is 13.3. The van der Waals surface area contributed by atoms with E-state index in [0.717, 1.165) is 27.4 Å². The fourth-order valence-corrected chi connectivity index (χ4v) is 3.38. The topological polar surface area (TPSA) is 37.8 Å². The summed E-state index contributed by atoms with van der Waals surface area (Å²) in [5.41, 5.74) is 3.37. The maximum absolute atomic E-state index is 4.69. The van der Waals surface area contributed by atoms with Crippen molar-refractivity contribution in [1.29, 1.82) is 0 Å². The number of hydrogen-bond acceptors (Lipinski definition) is 4. The second-order valence-electron chi connectivity index (χ2n) is 4.47. The van der Waals surface area contributed by atoms with E-state index >= 15 is 0 Å². The Morgan fingerprint density at radius 1 is 1.28 bits per heavy atom. The molecule has 18 heavy (non-hydrogen) atoms. The number of thiophene rings is 1. The van der Waals surface area contributed by atoms with Gasteiger partial charge in [0.15, 0.2) is 5.82 Å². The smallest absolute Gasteiger partial charge is 0.162 e. The number of rotatable bonds is 3. The van der Waals surface area contributed by atoms with Gasteiger partial charge in [-0.05, 0) is 39.7 Å². The molecular formula is C13H16BrN3S. The van der Waals surface area contributed by atoms with E-state index in [9.17, 15) is 0 Å². The van der Waals surface area contributed by atoms with Gasteiger partial charge in [-0.1, -0.05) is 13.8 Å². The first kappa shape index (κ1) is 13.5. The van der Waals surface area contributed by atoms with E-state index in [2.05, 4.69) is 57.8 Å². The standard InChI is InChI=1S/C13H16BrN3S/c1-7(2)11-10(14)13(15-4)17-12(16-11)9-6-18-5-8(9)3/h5-7H,1-4H3,(H,15,16,17). The second-order valence-corrected chi connectivity index (χ2v) is 6.00. The minimum Gasteiger partial charge on any atom is -0.372 e. The van der Waals surface area contributed by atoms with Crippen molar-refractivity contribution in [2.24, 2.45) is 0 Å². The van der Waals surface area contributed by atoms with Gasteiger partial charge >= 0.3 is 0 Å². The van der Waals surface area contributed by atoms with Gasteiger partial charge in [0.1, 0.15) is 5.82 Å². The Bertz CT molecular complexity index is 563. The van der Waals surface area contributed by atoms with Crippen LogP contribution in [-0.2, 0) is 0 Å². The van der Waals surface area contributed by atoms with Crippen LogP contribution in [0.1, 0.15) is 31.0 Å². The van der Waals surface area contributed by atoms with Crippen LogP contribution >= 0.6 is 27.3 Å². The van der Waals surface area contributed by atoms with Crippen LogP contribution in [0.25, 0.3) is 11.4 Å². The van der Waals surface area contributed by atoms with E-state index in [-0.39, 0.29) is 0 Å². The van der Waals surface area contributed by atoms with Gasteiger partial charge in [0.2, 0.25) is 0 Å². The molecule has 2 rings (SSSR count). The molecule has 0 aliphatic rings. The third-order valence-electron chi connectivity index (χ3n) is 2.76. The van der Waals surface area contributed by atoms with Crippen molar-refractivity contribution in [3.8, 4) is 11.4 Å². The van der Waals surface area contributed by atoms with Crippen LogP contribution in [0.15, 0.2) is 15.2 Å². The zero-order valence-corrected chi connectivity index (χ0v) is 13.3. The molecule has 2 aromatic heterocycles. The van der Waals surface area contributed by atoms with Crippen LogP contribution in [0, 0.1) is 6.92 Å². The highest BCUT2D eigenvalue weighted by Gasteiger charge is 2.16. The molecule has 0 spiro atoms. The Balaban J connectivity index is 2.63. The Morgan fingerprint density at radius 2 is 2.00 bits per heavy atom. The zero-order valence-electron chi connectivity index (χ0n) is 10.9. The van der Waals surface area contributed by atoms with Gasteiger partial charge in [-0.25, -0.2) is 9.97 Å². The maximum Gasteiger partial charge on any atom is 0.162 e. The maximum atomic E-state index is 4.69.